The minimum atomic E-state index is -4.08. The molecule has 0 aliphatic carbocycles. The number of benzene rings is 9. The van der Waals surface area contributed by atoms with Gasteiger partial charge in [-0.1, -0.05) is 166 Å². The minimum Gasteiger partial charge on any atom is -0.492 e. The fourth-order valence-corrected chi connectivity index (χ4v) is 14.9. The summed E-state index contributed by atoms with van der Waals surface area (Å²) in [6, 6.07) is 56.9. The molecule has 0 bridgehead atoms. The molecule has 0 saturated carbocycles. The summed E-state index contributed by atoms with van der Waals surface area (Å²) in [5.74, 6) is 0.951. The van der Waals surface area contributed by atoms with E-state index in [4.69, 9.17) is 41.6 Å². The van der Waals surface area contributed by atoms with Gasteiger partial charge >= 0.3 is 0 Å². The molecule has 1 aliphatic heterocycles. The molecule has 1 saturated heterocycles. The van der Waals surface area contributed by atoms with Gasteiger partial charge in [-0.15, -0.1) is 0 Å². The van der Waals surface area contributed by atoms with Crippen molar-refractivity contribution < 1.29 is 43.6 Å². The molecule has 1 N–H and O–H groups in total. The minimum absolute atomic E-state index is 0.0140. The van der Waals surface area contributed by atoms with E-state index in [0.717, 1.165) is 73.4 Å². The molecule has 92 heavy (non-hydrogen) atoms. The third kappa shape index (κ3) is 17.3. The number of fused-ring (bicyclic) bond motifs is 4. The van der Waals surface area contributed by atoms with E-state index in [1.165, 1.54) is 25.0 Å². The first-order valence-electron chi connectivity index (χ1n) is 30.6. The molecule has 12 rings (SSSR count). The van der Waals surface area contributed by atoms with Crippen molar-refractivity contribution in [3.63, 3.8) is 0 Å². The van der Waals surface area contributed by atoms with Crippen molar-refractivity contribution in [2.75, 3.05) is 65.8 Å². The second kappa shape index (κ2) is 32.2. The summed E-state index contributed by atoms with van der Waals surface area (Å²) in [5, 5.41) is 17.3. The van der Waals surface area contributed by atoms with E-state index in [1.54, 1.807) is 94.3 Å². The van der Waals surface area contributed by atoms with Crippen LogP contribution in [0.2, 0.25) is 10.0 Å². The second-order valence-electron chi connectivity index (χ2n) is 21.6. The van der Waals surface area contributed by atoms with Crippen LogP contribution in [0.15, 0.2) is 219 Å². The van der Waals surface area contributed by atoms with Crippen molar-refractivity contribution in [1.29, 1.82) is 0 Å². The Bertz CT molecular complexity index is 4610. The van der Waals surface area contributed by atoms with Crippen LogP contribution >= 0.6 is 23.2 Å². The van der Waals surface area contributed by atoms with Crippen LogP contribution in [-0.2, 0) is 51.8 Å². The zero-order valence-electron chi connectivity index (χ0n) is 52.2. The summed E-state index contributed by atoms with van der Waals surface area (Å²) < 4.78 is 107. The van der Waals surface area contributed by atoms with E-state index in [-0.39, 0.29) is 44.5 Å². The summed E-state index contributed by atoms with van der Waals surface area (Å²) in [6.45, 7) is 18.0. The van der Waals surface area contributed by atoms with E-state index in [1.807, 2.05) is 104 Å². The van der Waals surface area contributed by atoms with Gasteiger partial charge in [0, 0.05) is 51.3 Å². The second-order valence-corrected chi connectivity index (χ2v) is 27.7. The molecule has 9 aromatic carbocycles. The molecule has 1 fully saturated rings. The lowest BCUT2D eigenvalue weighted by Crippen LogP contribution is -2.27. The molecular formula is C71H76Cl2N6O10S3. The highest BCUT2D eigenvalue weighted by atomic mass is 35.5. The maximum absolute atomic E-state index is 14.2. The summed E-state index contributed by atoms with van der Waals surface area (Å²) in [4.78, 5) is 2.71. The molecule has 0 spiro atoms. The number of hydrogen-bond acceptors (Lipinski definition) is 14. The number of likely N-dealkylation sites (N-methyl/N-ethyl adjacent to an activating group) is 1. The van der Waals surface area contributed by atoms with Crippen LogP contribution in [0.25, 0.3) is 43.4 Å². The molecule has 3 heterocycles. The van der Waals surface area contributed by atoms with Gasteiger partial charge in [0.15, 0.2) is 10.1 Å². The quantitative estimate of drug-likeness (QED) is 0.0498. The Balaban J connectivity index is 0.000000190. The molecule has 0 unspecified atom stereocenters. The Morgan fingerprint density at radius 2 is 0.967 bits per heavy atom. The zero-order valence-corrected chi connectivity index (χ0v) is 56.1. The molecule has 0 radical (unpaired) electrons. The summed E-state index contributed by atoms with van der Waals surface area (Å²) in [6.07, 6.45) is 2.56. The lowest BCUT2D eigenvalue weighted by Gasteiger charge is -2.18. The molecule has 482 valence electrons. The molecule has 0 amide bonds. The standard InChI is InChI=1S/C33H27ClN2O6S2.C30H30ClN3O3S.C4H11N.C4H8O/c1-23-12-15-28(16-13-23)44(39,40)42-19-18-41-27-14-17-31-30(21-27)33(35-36(31)22-24-6-4-9-26(34)20-24)43(37,38)32-11-5-8-25-7-2-3-10-29(25)32;1-3-33(4-2)17-18-37-25-15-16-28-27(20-25)30(32-34(28)21-22-9-7-12-24(31)19-22)38(35,36)29-14-8-11-23-10-5-6-13-26(23)29;1-3-5-4-2;1-2-4-5-3-1/h2-17,20-21H,18-19,22H2,1H3;5-16,19-20H,3-4,17-18,21H2,1-2H3;5H,3-4H2,1-2H3;1-4H2. The van der Waals surface area contributed by atoms with E-state index < -0.39 is 29.8 Å². The van der Waals surface area contributed by atoms with Crippen molar-refractivity contribution in [2.24, 2.45) is 0 Å². The Morgan fingerprint density at radius 3 is 1.40 bits per heavy atom. The Hall–Kier alpha value is -7.69. The molecular weight excluding hydrogens is 1260 g/mol. The average Bonchev–Trinajstić information content (AvgIpc) is 1.82. The van der Waals surface area contributed by atoms with Crippen LogP contribution in [0.5, 0.6) is 11.5 Å². The maximum Gasteiger partial charge on any atom is 0.297 e. The van der Waals surface area contributed by atoms with E-state index in [9.17, 15) is 25.3 Å². The SMILES string of the molecule is C1CCOC1.CCN(CC)CCOc1ccc2c(c1)c(S(=O)(=O)c1cccc3ccccc13)nn2Cc1cccc(Cl)c1.CCNCC.Cc1ccc(S(=O)(=O)OCCOc2ccc3c(c2)c(S(=O)(=O)c2cccc4ccccc24)nn3Cc2cccc(Cl)c2)cc1. The summed E-state index contributed by atoms with van der Waals surface area (Å²) >= 11 is 12.4. The Labute approximate surface area is 549 Å². The number of hydrogen-bond donors (Lipinski definition) is 1. The normalized spacial score (nSPS) is 12.5. The van der Waals surface area contributed by atoms with Crippen molar-refractivity contribution in [3.05, 3.63) is 221 Å². The molecule has 21 heteroatoms. The van der Waals surface area contributed by atoms with Crippen LogP contribution in [0.4, 0.5) is 0 Å². The van der Waals surface area contributed by atoms with Gasteiger partial charge in [-0.25, -0.2) is 16.8 Å². The van der Waals surface area contributed by atoms with Crippen LogP contribution in [0.3, 0.4) is 0 Å². The first-order valence-corrected chi connectivity index (χ1v) is 35.7. The smallest absolute Gasteiger partial charge is 0.297 e. The number of halogens is 2. The number of nitrogens with zero attached hydrogens (tertiary/aromatic N) is 5. The van der Waals surface area contributed by atoms with Gasteiger partial charge in [-0.05, 0) is 153 Å². The summed E-state index contributed by atoms with van der Waals surface area (Å²) in [7, 11) is -12.0. The van der Waals surface area contributed by atoms with Gasteiger partial charge in [-0.2, -0.15) is 18.6 Å². The van der Waals surface area contributed by atoms with Gasteiger partial charge in [0.2, 0.25) is 19.7 Å². The number of rotatable bonds is 22. The van der Waals surface area contributed by atoms with Gasteiger partial charge in [0.1, 0.15) is 31.3 Å². The first-order chi connectivity index (χ1) is 44.4. The van der Waals surface area contributed by atoms with Crippen molar-refractivity contribution >= 4 is 96.3 Å². The average molecular weight is 1340 g/mol. The molecule has 0 atom stereocenters. The molecule has 16 nitrogen and oxygen atoms in total. The largest absolute Gasteiger partial charge is 0.492 e. The Kier molecular flexibility index (Phi) is 24.1. The van der Waals surface area contributed by atoms with E-state index in [0.29, 0.717) is 67.3 Å². The highest BCUT2D eigenvalue weighted by Gasteiger charge is 2.30. The first kappa shape index (κ1) is 68.7. The topological polar surface area (TPSA) is 190 Å². The van der Waals surface area contributed by atoms with Gasteiger partial charge in [0.25, 0.3) is 10.1 Å². The predicted molar refractivity (Wildman–Crippen MR) is 367 cm³/mol. The lowest BCUT2D eigenvalue weighted by atomic mass is 10.1. The predicted octanol–water partition coefficient (Wildman–Crippen LogP) is 14.7. The highest BCUT2D eigenvalue weighted by molar-refractivity contribution is 7.92. The fourth-order valence-electron chi connectivity index (χ4n) is 10.4. The van der Waals surface area contributed by atoms with Crippen LogP contribution in [0.1, 0.15) is 57.2 Å². The molecule has 2 aromatic heterocycles. The van der Waals surface area contributed by atoms with Gasteiger partial charge < -0.3 is 24.4 Å². The number of aryl methyl sites for hydroxylation is 1. The highest BCUT2D eigenvalue weighted by Crippen LogP contribution is 2.36. The fraction of sp³-hybridized carbons (Fsp3) is 0.268. The van der Waals surface area contributed by atoms with E-state index in [2.05, 4.69) is 48.1 Å². The molecule has 11 aromatic rings. The number of nitrogens with one attached hydrogen (secondary N) is 1. The number of ether oxygens (including phenoxy) is 3. The monoisotopic (exact) mass is 1340 g/mol. The number of aromatic nitrogens is 4. The van der Waals surface area contributed by atoms with Gasteiger partial charge in [0.05, 0.1) is 38.8 Å². The van der Waals surface area contributed by atoms with Crippen molar-refractivity contribution in [3.8, 4) is 11.5 Å². The number of sulfone groups is 2. The van der Waals surface area contributed by atoms with Crippen molar-refractivity contribution in [1.82, 2.24) is 29.8 Å². The summed E-state index contributed by atoms with van der Waals surface area (Å²) in [5.41, 5.74) is 3.99. The van der Waals surface area contributed by atoms with Gasteiger partial charge in [-0.3, -0.25) is 13.5 Å². The van der Waals surface area contributed by atoms with Crippen LogP contribution in [-0.4, -0.2) is 115 Å². The zero-order chi connectivity index (χ0) is 65.3. The Morgan fingerprint density at radius 1 is 0.511 bits per heavy atom. The van der Waals surface area contributed by atoms with Crippen LogP contribution in [0, 0.1) is 6.92 Å². The van der Waals surface area contributed by atoms with Crippen LogP contribution < -0.4 is 14.8 Å². The van der Waals surface area contributed by atoms with Crippen molar-refractivity contribution in [2.45, 2.75) is 85.3 Å². The maximum atomic E-state index is 14.2. The lowest BCUT2D eigenvalue weighted by molar-refractivity contribution is 0.198. The van der Waals surface area contributed by atoms with E-state index >= 15 is 0 Å². The molecule has 1 aliphatic rings. The third-order valence-corrected chi connectivity index (χ3v) is 20.5. The third-order valence-electron chi connectivity index (χ3n) is 15.2.